The summed E-state index contributed by atoms with van der Waals surface area (Å²) in [5.41, 5.74) is 4.05. The second-order valence-electron chi connectivity index (χ2n) is 5.42. The molecule has 6 heteroatoms. The number of hydrogen-bond donors (Lipinski definition) is 3. The maximum Gasteiger partial charge on any atom is 0.319 e. The fraction of sp³-hybridized carbons (Fsp3) is 0.312. The van der Waals surface area contributed by atoms with Gasteiger partial charge in [-0.3, -0.25) is 0 Å². The number of urea groups is 1. The van der Waals surface area contributed by atoms with Crippen LogP contribution in [-0.4, -0.2) is 31.3 Å². The molecule has 1 aliphatic rings. The molecule has 2 amide bonds. The van der Waals surface area contributed by atoms with E-state index in [1.807, 2.05) is 36.0 Å². The highest BCUT2D eigenvalue weighted by atomic mass is 32.1. The highest BCUT2D eigenvalue weighted by Gasteiger charge is 2.16. The molecule has 2 heterocycles. The largest absolute Gasteiger partial charge is 0.387 e. The van der Waals surface area contributed by atoms with Gasteiger partial charge in [-0.05, 0) is 46.5 Å². The molecule has 0 radical (unpaired) electrons. The van der Waals surface area contributed by atoms with Gasteiger partial charge in [-0.25, -0.2) is 4.79 Å². The van der Waals surface area contributed by atoms with Gasteiger partial charge in [0, 0.05) is 31.5 Å². The van der Waals surface area contributed by atoms with E-state index in [2.05, 4.69) is 21.6 Å². The zero-order valence-corrected chi connectivity index (χ0v) is 13.2. The first-order valence-corrected chi connectivity index (χ1v) is 8.17. The Labute approximate surface area is 133 Å². The predicted octanol–water partition coefficient (Wildman–Crippen LogP) is 2.60. The summed E-state index contributed by atoms with van der Waals surface area (Å²) in [6, 6.07) is 7.49. The van der Waals surface area contributed by atoms with Gasteiger partial charge in [-0.15, -0.1) is 0 Å². The van der Waals surface area contributed by atoms with Gasteiger partial charge in [0.05, 0.1) is 6.10 Å². The number of nitrogens with zero attached hydrogens (tertiary/aromatic N) is 1. The van der Waals surface area contributed by atoms with Crippen molar-refractivity contribution in [2.45, 2.75) is 12.5 Å². The van der Waals surface area contributed by atoms with Crippen molar-refractivity contribution >= 4 is 28.7 Å². The van der Waals surface area contributed by atoms with Crippen molar-refractivity contribution in [3.05, 3.63) is 46.2 Å². The van der Waals surface area contributed by atoms with Crippen LogP contribution in [0.2, 0.25) is 0 Å². The molecule has 1 aromatic carbocycles. The van der Waals surface area contributed by atoms with Gasteiger partial charge in [0.25, 0.3) is 0 Å². The lowest BCUT2D eigenvalue weighted by Crippen LogP contribution is -2.32. The third kappa shape index (κ3) is 3.23. The Morgan fingerprint density at radius 2 is 2.32 bits per heavy atom. The van der Waals surface area contributed by atoms with Gasteiger partial charge in [0.1, 0.15) is 0 Å². The highest BCUT2D eigenvalue weighted by molar-refractivity contribution is 7.07. The number of likely N-dealkylation sites (N-methyl/N-ethyl adjacent to an activating group) is 1. The monoisotopic (exact) mass is 317 g/mol. The Morgan fingerprint density at radius 3 is 3.09 bits per heavy atom. The molecule has 116 valence electrons. The van der Waals surface area contributed by atoms with Crippen LogP contribution in [0, 0.1) is 0 Å². The van der Waals surface area contributed by atoms with E-state index in [9.17, 15) is 9.90 Å². The normalized spacial score (nSPS) is 14.5. The summed E-state index contributed by atoms with van der Waals surface area (Å²) in [6.07, 6.45) is 0.369. The van der Waals surface area contributed by atoms with Crippen LogP contribution in [0.5, 0.6) is 0 Å². The Morgan fingerprint density at radius 1 is 1.45 bits per heavy atom. The smallest absolute Gasteiger partial charge is 0.319 e. The zero-order chi connectivity index (χ0) is 15.5. The molecule has 3 rings (SSSR count). The molecule has 0 saturated heterocycles. The van der Waals surface area contributed by atoms with Crippen LogP contribution in [0.4, 0.5) is 16.2 Å². The number of fused-ring (bicyclic) bond motifs is 1. The van der Waals surface area contributed by atoms with E-state index >= 15 is 0 Å². The van der Waals surface area contributed by atoms with Gasteiger partial charge in [-0.1, -0.05) is 6.07 Å². The summed E-state index contributed by atoms with van der Waals surface area (Å²) in [7, 11) is 2.05. The second-order valence-corrected chi connectivity index (χ2v) is 6.20. The molecule has 1 atom stereocenters. The van der Waals surface area contributed by atoms with Crippen molar-refractivity contribution in [1.29, 1.82) is 0 Å². The van der Waals surface area contributed by atoms with Gasteiger partial charge in [-0.2, -0.15) is 11.3 Å². The zero-order valence-electron chi connectivity index (χ0n) is 12.4. The van der Waals surface area contributed by atoms with Gasteiger partial charge in [0.2, 0.25) is 0 Å². The fourth-order valence-corrected chi connectivity index (χ4v) is 3.27. The minimum Gasteiger partial charge on any atom is -0.387 e. The van der Waals surface area contributed by atoms with Gasteiger partial charge < -0.3 is 20.6 Å². The van der Waals surface area contributed by atoms with Crippen LogP contribution in [0.3, 0.4) is 0 Å². The van der Waals surface area contributed by atoms with Crippen LogP contribution in [-0.2, 0) is 6.42 Å². The van der Waals surface area contributed by atoms with Crippen molar-refractivity contribution < 1.29 is 9.90 Å². The van der Waals surface area contributed by atoms with Crippen LogP contribution < -0.4 is 15.5 Å². The number of benzene rings is 1. The molecular formula is C16H19N3O2S. The summed E-state index contributed by atoms with van der Waals surface area (Å²) in [4.78, 5) is 14.1. The molecule has 1 aliphatic heterocycles. The van der Waals surface area contributed by atoms with Crippen LogP contribution in [0.15, 0.2) is 35.0 Å². The van der Waals surface area contributed by atoms with E-state index in [0.29, 0.717) is 0 Å². The third-order valence-electron chi connectivity index (χ3n) is 3.85. The number of nitrogens with one attached hydrogen (secondary N) is 2. The summed E-state index contributed by atoms with van der Waals surface area (Å²) in [5, 5.41) is 19.2. The highest BCUT2D eigenvalue weighted by Crippen LogP contribution is 2.29. The number of aliphatic hydroxyl groups is 1. The first kappa shape index (κ1) is 14.9. The topological polar surface area (TPSA) is 64.6 Å². The van der Waals surface area contributed by atoms with E-state index in [4.69, 9.17) is 0 Å². The first-order chi connectivity index (χ1) is 10.6. The first-order valence-electron chi connectivity index (χ1n) is 7.22. The summed E-state index contributed by atoms with van der Waals surface area (Å²) < 4.78 is 0. The molecule has 1 aromatic heterocycles. The van der Waals surface area contributed by atoms with Gasteiger partial charge >= 0.3 is 6.03 Å². The standard InChI is InChI=1S/C16H19N3O2S/c1-19-6-4-11-2-3-13(8-14(11)19)18-16(21)17-9-15(20)12-5-7-22-10-12/h2-3,5,7-8,10,15,20H,4,6,9H2,1H3,(H2,17,18,21). The van der Waals surface area contributed by atoms with Crippen molar-refractivity contribution in [3.63, 3.8) is 0 Å². The average Bonchev–Trinajstić information content (AvgIpc) is 3.16. The lowest BCUT2D eigenvalue weighted by Gasteiger charge is -2.14. The minimum absolute atomic E-state index is 0.188. The molecule has 0 spiro atoms. The lowest BCUT2D eigenvalue weighted by molar-refractivity contribution is 0.175. The maximum absolute atomic E-state index is 11.9. The third-order valence-corrected chi connectivity index (χ3v) is 4.56. The van der Waals surface area contributed by atoms with E-state index in [0.717, 1.165) is 29.9 Å². The number of amides is 2. The molecular weight excluding hydrogens is 298 g/mol. The number of thiophene rings is 1. The summed E-state index contributed by atoms with van der Waals surface area (Å²) in [6.45, 7) is 1.20. The number of aliphatic hydroxyl groups excluding tert-OH is 1. The molecule has 1 unspecified atom stereocenters. The minimum atomic E-state index is -0.678. The number of carbonyl (C=O) groups excluding carboxylic acids is 1. The van der Waals surface area contributed by atoms with Crippen LogP contribution in [0.25, 0.3) is 0 Å². The molecule has 3 N–H and O–H groups in total. The molecule has 0 saturated carbocycles. The second kappa shape index (κ2) is 6.37. The summed E-state index contributed by atoms with van der Waals surface area (Å²) >= 11 is 1.52. The Kier molecular flexibility index (Phi) is 4.31. The molecule has 0 bridgehead atoms. The number of anilines is 2. The molecule has 2 aromatic rings. The molecule has 0 aliphatic carbocycles. The molecule has 5 nitrogen and oxygen atoms in total. The molecule has 22 heavy (non-hydrogen) atoms. The van der Waals surface area contributed by atoms with Crippen molar-refractivity contribution in [3.8, 4) is 0 Å². The number of carbonyl (C=O) groups is 1. The average molecular weight is 317 g/mol. The van der Waals surface area contributed by atoms with Crippen molar-refractivity contribution in [2.24, 2.45) is 0 Å². The van der Waals surface area contributed by atoms with Crippen LogP contribution in [0.1, 0.15) is 17.2 Å². The number of rotatable bonds is 4. The predicted molar refractivity (Wildman–Crippen MR) is 89.7 cm³/mol. The van der Waals surface area contributed by atoms with E-state index in [1.54, 1.807) is 0 Å². The van der Waals surface area contributed by atoms with Crippen molar-refractivity contribution in [2.75, 3.05) is 30.4 Å². The van der Waals surface area contributed by atoms with Gasteiger partial charge in [0.15, 0.2) is 0 Å². The van der Waals surface area contributed by atoms with Crippen molar-refractivity contribution in [1.82, 2.24) is 5.32 Å². The quantitative estimate of drug-likeness (QED) is 0.812. The number of hydrogen-bond acceptors (Lipinski definition) is 4. The Balaban J connectivity index is 1.55. The fourth-order valence-electron chi connectivity index (χ4n) is 2.56. The van der Waals surface area contributed by atoms with E-state index in [-0.39, 0.29) is 12.6 Å². The van der Waals surface area contributed by atoms with E-state index in [1.165, 1.54) is 16.9 Å². The van der Waals surface area contributed by atoms with E-state index < -0.39 is 6.10 Å². The lowest BCUT2D eigenvalue weighted by atomic mass is 10.1. The maximum atomic E-state index is 11.9. The SMILES string of the molecule is CN1CCc2ccc(NC(=O)NCC(O)c3ccsc3)cc21. The molecule has 0 fully saturated rings. The Hall–Kier alpha value is -2.05. The summed E-state index contributed by atoms with van der Waals surface area (Å²) in [5.74, 6) is 0. The van der Waals surface area contributed by atoms with Crippen LogP contribution >= 0.6 is 11.3 Å². The Bertz CT molecular complexity index is 657.